The molecule has 0 bridgehead atoms. The van der Waals surface area contributed by atoms with Gasteiger partial charge in [-0.25, -0.2) is 0 Å². The topological polar surface area (TPSA) is 209 Å². The van der Waals surface area contributed by atoms with Gasteiger partial charge in [-0.1, -0.05) is 133 Å². The minimum absolute atomic E-state index is 0.0718. The number of carbonyl (C=O) groups is 8. The van der Waals surface area contributed by atoms with Gasteiger partial charge in [-0.3, -0.25) is 38.4 Å². The number of azo groups is 1. The Morgan fingerprint density at radius 1 is 0.244 bits per heavy atom. The number of hydrogen-bond donors (Lipinski definition) is 4. The van der Waals surface area contributed by atoms with Crippen LogP contribution in [-0.2, 0) is 0 Å². The number of nitrogens with one attached hydrogen (secondary N) is 4. The summed E-state index contributed by atoms with van der Waals surface area (Å²) in [5.74, 6) is -3.61. The number of carbonyl (C=O) groups excluding carboxylic acids is 8. The van der Waals surface area contributed by atoms with E-state index in [0.29, 0.717) is 33.6 Å². The van der Waals surface area contributed by atoms with Crippen molar-refractivity contribution >= 4 is 80.9 Å². The minimum atomic E-state index is -0.474. The summed E-state index contributed by atoms with van der Waals surface area (Å²) in [6.45, 7) is 0. The molecule has 14 heteroatoms. The van der Waals surface area contributed by atoms with Gasteiger partial charge in [0, 0.05) is 44.5 Å². The number of ketones is 4. The van der Waals surface area contributed by atoms with Gasteiger partial charge < -0.3 is 21.3 Å². The molecule has 0 radical (unpaired) electrons. The summed E-state index contributed by atoms with van der Waals surface area (Å²) < 4.78 is 0. The summed E-state index contributed by atoms with van der Waals surface area (Å²) in [5, 5.41) is 20.1. The van der Waals surface area contributed by atoms with Crippen molar-refractivity contribution in [3.63, 3.8) is 0 Å². The van der Waals surface area contributed by atoms with Gasteiger partial charge in [-0.2, -0.15) is 10.2 Å². The van der Waals surface area contributed by atoms with Gasteiger partial charge in [0.2, 0.25) is 0 Å². The maximum atomic E-state index is 14.0. The number of rotatable bonds is 12. The van der Waals surface area contributed by atoms with Crippen LogP contribution in [0.2, 0.25) is 0 Å². The van der Waals surface area contributed by atoms with Crippen LogP contribution < -0.4 is 21.3 Å². The van der Waals surface area contributed by atoms with Crippen molar-refractivity contribution in [3.8, 4) is 22.3 Å². The van der Waals surface area contributed by atoms with E-state index in [0.717, 1.165) is 22.3 Å². The number of anilines is 4. The van der Waals surface area contributed by atoms with Crippen molar-refractivity contribution in [1.82, 2.24) is 0 Å². The summed E-state index contributed by atoms with van der Waals surface area (Å²) in [7, 11) is 0. The van der Waals surface area contributed by atoms with Crippen LogP contribution in [-0.4, -0.2) is 46.8 Å². The monoisotopic (exact) mass is 1070 g/mol. The average molecular weight is 1070 g/mol. The second-order valence-electron chi connectivity index (χ2n) is 19.2. The number of fused-ring (bicyclic) bond motifs is 4. The maximum absolute atomic E-state index is 14.0. The van der Waals surface area contributed by atoms with Gasteiger partial charge in [0.15, 0.2) is 23.1 Å². The highest BCUT2D eigenvalue weighted by atomic mass is 16.2. The lowest BCUT2D eigenvalue weighted by Crippen LogP contribution is -2.26. The first kappa shape index (κ1) is 51.1. The van der Waals surface area contributed by atoms with Crippen molar-refractivity contribution in [3.05, 3.63) is 297 Å². The van der Waals surface area contributed by atoms with Crippen LogP contribution in [0.25, 0.3) is 22.3 Å². The lowest BCUT2D eigenvalue weighted by Gasteiger charge is -2.22. The normalized spacial score (nSPS) is 12.1. The smallest absolute Gasteiger partial charge is 0.255 e. The van der Waals surface area contributed by atoms with Crippen molar-refractivity contribution < 1.29 is 38.4 Å². The number of benzene rings is 10. The van der Waals surface area contributed by atoms with Crippen molar-refractivity contribution in [2.45, 2.75) is 0 Å². The van der Waals surface area contributed by atoms with Crippen LogP contribution in [0.15, 0.2) is 241 Å². The molecule has 12 rings (SSSR count). The van der Waals surface area contributed by atoms with Crippen molar-refractivity contribution in [1.29, 1.82) is 0 Å². The highest BCUT2D eigenvalue weighted by Gasteiger charge is 2.36. The Kier molecular flexibility index (Phi) is 13.5. The second-order valence-corrected chi connectivity index (χ2v) is 19.2. The summed E-state index contributed by atoms with van der Waals surface area (Å²) in [6, 6.07) is 64.7. The number of amides is 4. The molecule has 10 aromatic carbocycles. The van der Waals surface area contributed by atoms with Crippen LogP contribution in [0.5, 0.6) is 0 Å². The molecular weight excluding hydrogens is 1030 g/mol. The van der Waals surface area contributed by atoms with E-state index in [9.17, 15) is 38.4 Å². The molecule has 0 aliphatic heterocycles. The Morgan fingerprint density at radius 3 is 0.732 bits per heavy atom. The molecule has 0 saturated heterocycles. The predicted octanol–water partition coefficient (Wildman–Crippen LogP) is 14.0. The Morgan fingerprint density at radius 2 is 0.476 bits per heavy atom. The number of nitrogens with zero attached hydrogens (tertiary/aromatic N) is 2. The van der Waals surface area contributed by atoms with E-state index in [-0.39, 0.29) is 67.3 Å². The molecule has 82 heavy (non-hydrogen) atoms. The lowest BCUT2D eigenvalue weighted by molar-refractivity contribution is 0.0977. The first-order chi connectivity index (χ1) is 40.0. The molecule has 10 aromatic rings. The van der Waals surface area contributed by atoms with Crippen LogP contribution in [0.3, 0.4) is 0 Å². The molecule has 14 nitrogen and oxygen atoms in total. The van der Waals surface area contributed by atoms with Gasteiger partial charge in [0.05, 0.1) is 56.4 Å². The molecular formula is C68H42N6O8. The van der Waals surface area contributed by atoms with E-state index < -0.39 is 46.8 Å². The number of hydrogen-bond acceptors (Lipinski definition) is 10. The van der Waals surface area contributed by atoms with Crippen molar-refractivity contribution in [2.75, 3.05) is 21.3 Å². The van der Waals surface area contributed by atoms with E-state index in [1.165, 1.54) is 24.3 Å². The molecule has 0 aromatic heterocycles. The Hall–Kier alpha value is -11.6. The highest BCUT2D eigenvalue weighted by Crippen LogP contribution is 2.38. The van der Waals surface area contributed by atoms with Gasteiger partial charge in [0.1, 0.15) is 0 Å². The molecule has 0 atom stereocenters. The molecule has 2 aliphatic rings. The summed E-state index contributed by atoms with van der Waals surface area (Å²) >= 11 is 0. The third-order valence-electron chi connectivity index (χ3n) is 14.2. The molecule has 0 spiro atoms. The fourth-order valence-electron chi connectivity index (χ4n) is 10.0. The van der Waals surface area contributed by atoms with Crippen LogP contribution in [0, 0.1) is 0 Å². The van der Waals surface area contributed by atoms with Gasteiger partial charge in [-0.05, 0) is 119 Å². The first-order valence-electron chi connectivity index (χ1n) is 25.9. The fourth-order valence-corrected chi connectivity index (χ4v) is 10.0. The molecule has 0 fully saturated rings. The third-order valence-corrected chi connectivity index (χ3v) is 14.2. The molecule has 0 heterocycles. The van der Waals surface area contributed by atoms with E-state index in [4.69, 9.17) is 0 Å². The summed E-state index contributed by atoms with van der Waals surface area (Å²) in [5.41, 5.74) is 7.70. The largest absolute Gasteiger partial charge is 0.321 e. The van der Waals surface area contributed by atoms with E-state index in [1.54, 1.807) is 133 Å². The van der Waals surface area contributed by atoms with E-state index in [1.807, 2.05) is 72.8 Å². The van der Waals surface area contributed by atoms with Crippen molar-refractivity contribution in [2.24, 2.45) is 10.2 Å². The standard InChI is InChI=1S/C68H42N6O8/c75-61-51-17-9-21-55(59(51)63(77)49-15-7-19-53(57(49)61)69-65(79)43-11-3-1-4-12-43)71-67(81)45-27-23-39(24-28-45)41-31-35-47(36-32-41)73-74-48-37-33-42(34-38-48)40-25-29-46(30-26-40)68(82)72-56-22-10-18-52-60(56)64(78)50-16-8-20-54(58(50)62(52)76)70-66(80)44-13-5-2-6-14-44/h1-38H,(H,69,79)(H,70,80)(H,71,81)(H,72,82). The van der Waals surface area contributed by atoms with Crippen LogP contribution >= 0.6 is 0 Å². The van der Waals surface area contributed by atoms with E-state index >= 15 is 0 Å². The quantitative estimate of drug-likeness (QED) is 0.0863. The molecule has 4 amide bonds. The second kappa shape index (κ2) is 21.6. The van der Waals surface area contributed by atoms with Gasteiger partial charge in [0.25, 0.3) is 23.6 Å². The zero-order valence-corrected chi connectivity index (χ0v) is 43.1. The molecule has 0 unspecified atom stereocenters. The molecule has 0 saturated carbocycles. The molecule has 4 N–H and O–H groups in total. The van der Waals surface area contributed by atoms with Crippen LogP contribution in [0.1, 0.15) is 105 Å². The van der Waals surface area contributed by atoms with Gasteiger partial charge in [-0.15, -0.1) is 0 Å². The van der Waals surface area contributed by atoms with Crippen LogP contribution in [0.4, 0.5) is 34.1 Å². The Balaban J connectivity index is 0.657. The Labute approximate surface area is 468 Å². The summed E-state index contributed by atoms with van der Waals surface area (Å²) in [6.07, 6.45) is 0. The average Bonchev–Trinajstić information content (AvgIpc) is 3.11. The molecule has 2 aliphatic carbocycles. The Bertz CT molecular complexity index is 4050. The molecule has 392 valence electrons. The van der Waals surface area contributed by atoms with E-state index in [2.05, 4.69) is 31.5 Å². The SMILES string of the molecule is O=C(Nc1cccc2c1C(=O)c1cccc(NC(=O)c3ccc(-c4ccc(N=Nc5ccc(-c6ccc(C(=O)Nc7cccc8c7C(=O)c7cccc(NC(=O)c9ccccc9)c7C8=O)cc6)cc5)cc4)cc3)c1C2=O)c1ccccc1. The minimum Gasteiger partial charge on any atom is -0.321 e. The highest BCUT2D eigenvalue weighted by molar-refractivity contribution is 6.34. The van der Waals surface area contributed by atoms with Gasteiger partial charge >= 0.3 is 0 Å². The first-order valence-corrected chi connectivity index (χ1v) is 25.9. The lowest BCUT2D eigenvalue weighted by atomic mass is 9.82. The maximum Gasteiger partial charge on any atom is 0.255 e. The summed E-state index contributed by atoms with van der Waals surface area (Å²) in [4.78, 5) is 109. The fraction of sp³-hybridized carbons (Fsp3) is 0. The predicted molar refractivity (Wildman–Crippen MR) is 312 cm³/mol. The zero-order valence-electron chi connectivity index (χ0n) is 43.1. The zero-order chi connectivity index (χ0) is 56.4. The third kappa shape index (κ3) is 9.86.